The molecule has 1 aromatic carbocycles. The zero-order valence-corrected chi connectivity index (χ0v) is 13.8. The zero-order valence-electron chi connectivity index (χ0n) is 13.8. The number of nitrogens with zero attached hydrogens (tertiary/aromatic N) is 1. The molecule has 3 rings (SSSR count). The Bertz CT molecular complexity index is 453. The van der Waals surface area contributed by atoms with E-state index in [1.54, 1.807) is 0 Å². The Morgan fingerprint density at radius 1 is 1.00 bits per heavy atom. The van der Waals surface area contributed by atoms with E-state index in [1.165, 1.54) is 50.0 Å². The van der Waals surface area contributed by atoms with Gasteiger partial charge in [-0.1, -0.05) is 25.0 Å². The first-order valence-corrected chi connectivity index (χ1v) is 9.03. The Morgan fingerprint density at radius 3 is 2.36 bits per heavy atom. The molecule has 1 aliphatic heterocycles. The SMILES string of the molecule is CC(NC1CCCCC1O)c1ccc(N2CCCCC2)cc1. The van der Waals surface area contributed by atoms with Gasteiger partial charge in [0.1, 0.15) is 0 Å². The van der Waals surface area contributed by atoms with Crippen LogP contribution < -0.4 is 10.2 Å². The van der Waals surface area contributed by atoms with E-state index in [0.29, 0.717) is 6.04 Å². The molecule has 1 saturated heterocycles. The van der Waals surface area contributed by atoms with Crippen molar-refractivity contribution in [3.8, 4) is 0 Å². The number of hydrogen-bond donors (Lipinski definition) is 2. The second-order valence-electron chi connectivity index (χ2n) is 6.99. The van der Waals surface area contributed by atoms with Gasteiger partial charge in [-0.15, -0.1) is 0 Å². The number of rotatable bonds is 4. The van der Waals surface area contributed by atoms with Crippen LogP contribution in [0.5, 0.6) is 0 Å². The van der Waals surface area contributed by atoms with Crippen LogP contribution in [0.2, 0.25) is 0 Å². The van der Waals surface area contributed by atoms with Crippen molar-refractivity contribution in [3.63, 3.8) is 0 Å². The molecule has 3 nitrogen and oxygen atoms in total. The van der Waals surface area contributed by atoms with Gasteiger partial charge < -0.3 is 15.3 Å². The van der Waals surface area contributed by atoms with Crippen LogP contribution in [0.1, 0.15) is 63.5 Å². The number of anilines is 1. The predicted molar refractivity (Wildman–Crippen MR) is 92.3 cm³/mol. The summed E-state index contributed by atoms with van der Waals surface area (Å²) in [6.45, 7) is 4.60. The fourth-order valence-electron chi connectivity index (χ4n) is 3.85. The molecular weight excluding hydrogens is 272 g/mol. The molecular formula is C19H30N2O. The molecule has 122 valence electrons. The van der Waals surface area contributed by atoms with Crippen molar-refractivity contribution in [2.24, 2.45) is 0 Å². The maximum Gasteiger partial charge on any atom is 0.0693 e. The highest BCUT2D eigenvalue weighted by Gasteiger charge is 2.24. The van der Waals surface area contributed by atoms with Crippen LogP contribution in [0, 0.1) is 0 Å². The molecule has 3 unspecified atom stereocenters. The van der Waals surface area contributed by atoms with E-state index in [9.17, 15) is 5.11 Å². The molecule has 0 amide bonds. The van der Waals surface area contributed by atoms with Crippen molar-refractivity contribution in [1.82, 2.24) is 5.32 Å². The lowest BCUT2D eigenvalue weighted by atomic mass is 9.91. The maximum atomic E-state index is 10.1. The van der Waals surface area contributed by atoms with Crippen LogP contribution in [0.4, 0.5) is 5.69 Å². The van der Waals surface area contributed by atoms with E-state index in [4.69, 9.17) is 0 Å². The van der Waals surface area contributed by atoms with Crippen LogP contribution in [-0.4, -0.2) is 30.3 Å². The summed E-state index contributed by atoms with van der Waals surface area (Å²) in [7, 11) is 0. The molecule has 2 N–H and O–H groups in total. The highest BCUT2D eigenvalue weighted by molar-refractivity contribution is 5.48. The number of hydrogen-bond acceptors (Lipinski definition) is 3. The number of aliphatic hydroxyl groups excluding tert-OH is 1. The first-order valence-electron chi connectivity index (χ1n) is 9.03. The molecule has 0 radical (unpaired) electrons. The monoisotopic (exact) mass is 302 g/mol. The molecule has 22 heavy (non-hydrogen) atoms. The minimum absolute atomic E-state index is 0.177. The van der Waals surface area contributed by atoms with Gasteiger partial charge in [-0.05, 0) is 56.7 Å². The molecule has 3 heteroatoms. The normalized spacial score (nSPS) is 27.6. The van der Waals surface area contributed by atoms with Crippen molar-refractivity contribution >= 4 is 5.69 Å². The first-order chi connectivity index (χ1) is 10.7. The van der Waals surface area contributed by atoms with Gasteiger partial charge in [0.05, 0.1) is 6.10 Å². The molecule has 2 fully saturated rings. The van der Waals surface area contributed by atoms with Gasteiger partial charge in [-0.25, -0.2) is 0 Å². The molecule has 2 aliphatic rings. The molecule has 1 heterocycles. The van der Waals surface area contributed by atoms with Crippen LogP contribution in [0.15, 0.2) is 24.3 Å². The molecule has 0 bridgehead atoms. The summed E-state index contributed by atoms with van der Waals surface area (Å²) >= 11 is 0. The summed E-state index contributed by atoms with van der Waals surface area (Å²) in [6, 6.07) is 9.57. The highest BCUT2D eigenvalue weighted by atomic mass is 16.3. The lowest BCUT2D eigenvalue weighted by Crippen LogP contribution is -2.43. The molecule has 0 spiro atoms. The lowest BCUT2D eigenvalue weighted by Gasteiger charge is -2.32. The second-order valence-corrected chi connectivity index (χ2v) is 6.99. The fourth-order valence-corrected chi connectivity index (χ4v) is 3.85. The smallest absolute Gasteiger partial charge is 0.0693 e. The van der Waals surface area contributed by atoms with Crippen LogP contribution in [0.25, 0.3) is 0 Å². The predicted octanol–water partition coefficient (Wildman–Crippen LogP) is 3.63. The maximum absolute atomic E-state index is 10.1. The quantitative estimate of drug-likeness (QED) is 0.891. The van der Waals surface area contributed by atoms with Crippen molar-refractivity contribution in [3.05, 3.63) is 29.8 Å². The Labute approximate surface area is 134 Å². The van der Waals surface area contributed by atoms with Crippen molar-refractivity contribution in [1.29, 1.82) is 0 Å². The Balaban J connectivity index is 1.59. The molecule has 0 aromatic heterocycles. The van der Waals surface area contributed by atoms with Gasteiger partial charge in [0.2, 0.25) is 0 Å². The van der Waals surface area contributed by atoms with Crippen LogP contribution in [0.3, 0.4) is 0 Å². The largest absolute Gasteiger partial charge is 0.392 e. The van der Waals surface area contributed by atoms with Gasteiger partial charge in [0, 0.05) is 30.9 Å². The van der Waals surface area contributed by atoms with Crippen LogP contribution in [-0.2, 0) is 0 Å². The summed E-state index contributed by atoms with van der Waals surface area (Å²) in [4.78, 5) is 2.50. The van der Waals surface area contributed by atoms with E-state index in [0.717, 1.165) is 19.3 Å². The molecule has 1 aliphatic carbocycles. The number of benzene rings is 1. The van der Waals surface area contributed by atoms with Crippen molar-refractivity contribution in [2.45, 2.75) is 70.1 Å². The third-order valence-electron chi connectivity index (χ3n) is 5.31. The molecule has 3 atom stereocenters. The Kier molecular flexibility index (Phi) is 5.37. The summed E-state index contributed by atoms with van der Waals surface area (Å²) in [5, 5.41) is 13.7. The average Bonchev–Trinajstić information content (AvgIpc) is 2.58. The second kappa shape index (κ2) is 7.47. The number of nitrogens with one attached hydrogen (secondary N) is 1. The van der Waals surface area contributed by atoms with E-state index < -0.39 is 0 Å². The van der Waals surface area contributed by atoms with Gasteiger partial charge in [0.25, 0.3) is 0 Å². The van der Waals surface area contributed by atoms with Gasteiger partial charge in [-0.3, -0.25) is 0 Å². The summed E-state index contributed by atoms with van der Waals surface area (Å²) in [5.74, 6) is 0. The zero-order chi connectivity index (χ0) is 15.4. The van der Waals surface area contributed by atoms with Crippen molar-refractivity contribution < 1.29 is 5.11 Å². The van der Waals surface area contributed by atoms with Crippen LogP contribution >= 0.6 is 0 Å². The Morgan fingerprint density at radius 2 is 1.68 bits per heavy atom. The van der Waals surface area contributed by atoms with E-state index in [1.807, 2.05) is 0 Å². The Hall–Kier alpha value is -1.06. The first kappa shape index (κ1) is 15.8. The average molecular weight is 302 g/mol. The fraction of sp³-hybridized carbons (Fsp3) is 0.684. The highest BCUT2D eigenvalue weighted by Crippen LogP contribution is 2.25. The summed E-state index contributed by atoms with van der Waals surface area (Å²) in [6.07, 6.45) is 8.27. The standard InChI is InChI=1S/C19H30N2O/c1-15(20-18-7-3-4-8-19(18)22)16-9-11-17(12-10-16)21-13-5-2-6-14-21/h9-12,15,18-20,22H,2-8,13-14H2,1H3. The summed E-state index contributed by atoms with van der Waals surface area (Å²) in [5.41, 5.74) is 2.67. The van der Waals surface area contributed by atoms with E-state index in [-0.39, 0.29) is 12.1 Å². The number of aliphatic hydroxyl groups is 1. The minimum atomic E-state index is -0.177. The van der Waals surface area contributed by atoms with Gasteiger partial charge in [0.15, 0.2) is 0 Å². The van der Waals surface area contributed by atoms with Gasteiger partial charge >= 0.3 is 0 Å². The van der Waals surface area contributed by atoms with E-state index >= 15 is 0 Å². The third kappa shape index (κ3) is 3.82. The minimum Gasteiger partial charge on any atom is -0.392 e. The van der Waals surface area contributed by atoms with E-state index in [2.05, 4.69) is 41.4 Å². The summed E-state index contributed by atoms with van der Waals surface area (Å²) < 4.78 is 0. The lowest BCUT2D eigenvalue weighted by molar-refractivity contribution is 0.0860. The van der Waals surface area contributed by atoms with Crippen molar-refractivity contribution in [2.75, 3.05) is 18.0 Å². The molecule has 1 aromatic rings. The van der Waals surface area contributed by atoms with Gasteiger partial charge in [-0.2, -0.15) is 0 Å². The number of piperidine rings is 1. The third-order valence-corrected chi connectivity index (χ3v) is 5.31. The molecule has 1 saturated carbocycles. The topological polar surface area (TPSA) is 35.5 Å².